The van der Waals surface area contributed by atoms with E-state index < -0.39 is 0 Å². The van der Waals surface area contributed by atoms with E-state index in [1.165, 1.54) is 18.4 Å². The number of nitrogens with zero attached hydrogens (tertiary/aromatic N) is 1. The van der Waals surface area contributed by atoms with Crippen molar-refractivity contribution in [3.63, 3.8) is 0 Å². The molecule has 3 rings (SSSR count). The molecule has 21 heavy (non-hydrogen) atoms. The topological polar surface area (TPSA) is 33.7 Å². The van der Waals surface area contributed by atoms with E-state index in [2.05, 4.69) is 23.2 Å². The number of ether oxygens (including phenoxy) is 2. The molecule has 0 bridgehead atoms. The second-order valence-corrected chi connectivity index (χ2v) is 6.05. The predicted octanol–water partition coefficient (Wildman–Crippen LogP) is 2.69. The van der Waals surface area contributed by atoms with Crippen molar-refractivity contribution < 1.29 is 9.47 Å². The van der Waals surface area contributed by atoms with E-state index in [0.717, 1.165) is 31.9 Å². The van der Waals surface area contributed by atoms with Gasteiger partial charge in [0, 0.05) is 12.6 Å². The predicted molar refractivity (Wildman–Crippen MR) is 84.4 cm³/mol. The van der Waals surface area contributed by atoms with Crippen molar-refractivity contribution in [2.45, 2.75) is 32.4 Å². The molecule has 0 radical (unpaired) electrons. The Morgan fingerprint density at radius 3 is 2.76 bits per heavy atom. The van der Waals surface area contributed by atoms with Gasteiger partial charge in [-0.3, -0.25) is 4.90 Å². The summed E-state index contributed by atoms with van der Waals surface area (Å²) in [4.78, 5) is 2.53. The van der Waals surface area contributed by atoms with Gasteiger partial charge in [-0.2, -0.15) is 0 Å². The van der Waals surface area contributed by atoms with E-state index in [-0.39, 0.29) is 0 Å². The Hall–Kier alpha value is -0.970. The summed E-state index contributed by atoms with van der Waals surface area (Å²) in [6.07, 6.45) is 2.43. The van der Waals surface area contributed by atoms with Crippen LogP contribution >= 0.6 is 11.6 Å². The molecule has 1 N–H and O–H groups in total. The molecule has 1 aromatic carbocycles. The summed E-state index contributed by atoms with van der Waals surface area (Å²) in [6.45, 7) is 7.59. The molecule has 1 aromatic rings. The highest BCUT2D eigenvalue weighted by atomic mass is 35.5. The third kappa shape index (κ3) is 3.44. The maximum Gasteiger partial charge on any atom is 0.179 e. The summed E-state index contributed by atoms with van der Waals surface area (Å²) < 4.78 is 11.2. The molecule has 2 heterocycles. The minimum Gasteiger partial charge on any atom is -0.486 e. The second kappa shape index (κ2) is 6.86. The first-order chi connectivity index (χ1) is 10.3. The quantitative estimate of drug-likeness (QED) is 0.927. The van der Waals surface area contributed by atoms with Crippen LogP contribution in [0.25, 0.3) is 0 Å². The van der Waals surface area contributed by atoms with Crippen LogP contribution in [0.3, 0.4) is 0 Å². The van der Waals surface area contributed by atoms with Crippen molar-refractivity contribution in [1.82, 2.24) is 10.2 Å². The lowest BCUT2D eigenvalue weighted by Gasteiger charge is -2.34. The summed E-state index contributed by atoms with van der Waals surface area (Å²) in [5, 5.41) is 4.08. The Kier molecular flexibility index (Phi) is 4.88. The lowest BCUT2D eigenvalue weighted by atomic mass is 10.0. The summed E-state index contributed by atoms with van der Waals surface area (Å²) in [7, 11) is 0. The van der Waals surface area contributed by atoms with Crippen LogP contribution in [0.15, 0.2) is 12.1 Å². The fraction of sp³-hybridized carbons (Fsp3) is 0.625. The molecule has 4 nitrogen and oxygen atoms in total. The number of fused-ring (bicyclic) bond motifs is 1. The molecule has 2 aliphatic rings. The van der Waals surface area contributed by atoms with Crippen molar-refractivity contribution in [3.05, 3.63) is 22.7 Å². The van der Waals surface area contributed by atoms with Crippen LogP contribution < -0.4 is 14.8 Å². The molecule has 116 valence electrons. The number of rotatable bonds is 4. The summed E-state index contributed by atoms with van der Waals surface area (Å²) in [6, 6.07) is 4.74. The van der Waals surface area contributed by atoms with Gasteiger partial charge in [-0.15, -0.1) is 0 Å². The summed E-state index contributed by atoms with van der Waals surface area (Å²) in [5.74, 6) is 1.47. The van der Waals surface area contributed by atoms with Gasteiger partial charge < -0.3 is 14.8 Å². The molecular formula is C16H23ClN2O2. The van der Waals surface area contributed by atoms with Crippen molar-refractivity contribution in [1.29, 1.82) is 0 Å². The van der Waals surface area contributed by atoms with Gasteiger partial charge in [0.15, 0.2) is 11.5 Å². The highest BCUT2D eigenvalue weighted by molar-refractivity contribution is 6.32. The summed E-state index contributed by atoms with van der Waals surface area (Å²) in [5.41, 5.74) is 1.20. The fourth-order valence-corrected chi connectivity index (χ4v) is 3.45. The van der Waals surface area contributed by atoms with E-state index in [9.17, 15) is 0 Å². The number of piperidine rings is 1. The van der Waals surface area contributed by atoms with E-state index in [4.69, 9.17) is 21.1 Å². The largest absolute Gasteiger partial charge is 0.486 e. The van der Waals surface area contributed by atoms with Gasteiger partial charge in [-0.25, -0.2) is 0 Å². The zero-order valence-corrected chi connectivity index (χ0v) is 13.3. The molecule has 0 amide bonds. The Bertz CT molecular complexity index is 489. The first kappa shape index (κ1) is 14.9. The first-order valence-electron chi connectivity index (χ1n) is 7.80. The molecule has 0 saturated carbocycles. The van der Waals surface area contributed by atoms with Gasteiger partial charge in [0.25, 0.3) is 0 Å². The molecular weight excluding hydrogens is 288 g/mol. The minimum atomic E-state index is 0.572. The van der Waals surface area contributed by atoms with Gasteiger partial charge in [0.1, 0.15) is 13.2 Å². The van der Waals surface area contributed by atoms with E-state index in [1.807, 2.05) is 6.07 Å². The lowest BCUT2D eigenvalue weighted by Crippen LogP contribution is -2.42. The highest BCUT2D eigenvalue weighted by Crippen LogP contribution is 2.38. The zero-order valence-electron chi connectivity index (χ0n) is 12.5. The van der Waals surface area contributed by atoms with Crippen LogP contribution in [-0.2, 0) is 6.54 Å². The van der Waals surface area contributed by atoms with Crippen LogP contribution in [0, 0.1) is 0 Å². The Morgan fingerprint density at radius 2 is 2.00 bits per heavy atom. The minimum absolute atomic E-state index is 0.572. The van der Waals surface area contributed by atoms with Gasteiger partial charge in [0.05, 0.1) is 5.02 Å². The molecule has 0 aliphatic carbocycles. The van der Waals surface area contributed by atoms with Crippen LogP contribution in [0.5, 0.6) is 11.5 Å². The Morgan fingerprint density at radius 1 is 1.24 bits per heavy atom. The smallest absolute Gasteiger partial charge is 0.179 e. The molecule has 1 fully saturated rings. The molecule has 1 saturated heterocycles. The van der Waals surface area contributed by atoms with E-state index in [0.29, 0.717) is 30.0 Å². The normalized spacial score (nSPS) is 19.0. The van der Waals surface area contributed by atoms with Gasteiger partial charge >= 0.3 is 0 Å². The average Bonchev–Trinajstić information content (AvgIpc) is 2.53. The molecule has 2 aliphatic heterocycles. The van der Waals surface area contributed by atoms with Crippen LogP contribution in [-0.4, -0.2) is 43.8 Å². The van der Waals surface area contributed by atoms with Crippen molar-refractivity contribution in [2.75, 3.05) is 32.8 Å². The van der Waals surface area contributed by atoms with Crippen LogP contribution in [0.2, 0.25) is 5.02 Å². The number of hydrogen-bond donors (Lipinski definition) is 1. The van der Waals surface area contributed by atoms with Crippen molar-refractivity contribution in [2.24, 2.45) is 0 Å². The average molecular weight is 311 g/mol. The SMILES string of the molecule is CCN(Cc1cc(Cl)c2c(c1)OCCO2)C1CCNCC1. The first-order valence-corrected chi connectivity index (χ1v) is 8.18. The van der Waals surface area contributed by atoms with E-state index in [1.54, 1.807) is 0 Å². The Labute approximate surface area is 131 Å². The van der Waals surface area contributed by atoms with Gasteiger partial charge in [0.2, 0.25) is 0 Å². The number of nitrogens with one attached hydrogen (secondary N) is 1. The zero-order chi connectivity index (χ0) is 14.7. The van der Waals surface area contributed by atoms with Gasteiger partial charge in [-0.1, -0.05) is 18.5 Å². The molecule has 0 unspecified atom stereocenters. The van der Waals surface area contributed by atoms with Crippen LogP contribution in [0.4, 0.5) is 0 Å². The molecule has 0 spiro atoms. The second-order valence-electron chi connectivity index (χ2n) is 5.65. The molecule has 0 atom stereocenters. The fourth-order valence-electron chi connectivity index (χ4n) is 3.16. The Balaban J connectivity index is 1.75. The number of benzene rings is 1. The summed E-state index contributed by atoms with van der Waals surface area (Å²) >= 11 is 6.33. The third-order valence-corrected chi connectivity index (χ3v) is 4.55. The number of halogens is 1. The maximum absolute atomic E-state index is 6.33. The van der Waals surface area contributed by atoms with Crippen molar-refractivity contribution in [3.8, 4) is 11.5 Å². The molecule has 0 aromatic heterocycles. The lowest BCUT2D eigenvalue weighted by molar-refractivity contribution is 0.159. The molecule has 5 heteroatoms. The highest BCUT2D eigenvalue weighted by Gasteiger charge is 2.22. The maximum atomic E-state index is 6.33. The van der Waals surface area contributed by atoms with Gasteiger partial charge in [-0.05, 0) is 50.2 Å². The van der Waals surface area contributed by atoms with Crippen LogP contribution in [0.1, 0.15) is 25.3 Å². The third-order valence-electron chi connectivity index (χ3n) is 4.27. The number of hydrogen-bond acceptors (Lipinski definition) is 4. The standard InChI is InChI=1S/C16H23ClN2O2/c1-2-19(13-3-5-18-6-4-13)11-12-9-14(17)16-15(10-12)20-7-8-21-16/h9-10,13,18H,2-8,11H2,1H3. The van der Waals surface area contributed by atoms with E-state index >= 15 is 0 Å². The monoisotopic (exact) mass is 310 g/mol. The van der Waals surface area contributed by atoms with Crippen molar-refractivity contribution >= 4 is 11.6 Å².